The lowest BCUT2D eigenvalue weighted by Gasteiger charge is -2.12. The summed E-state index contributed by atoms with van der Waals surface area (Å²) in [7, 11) is 0. The van der Waals surface area contributed by atoms with Gasteiger partial charge in [-0.25, -0.2) is 39.1 Å². The molecule has 4 aromatic rings. The Kier molecular flexibility index (Phi) is 27.5. The van der Waals surface area contributed by atoms with Gasteiger partial charge in [-0.2, -0.15) is 0 Å². The van der Waals surface area contributed by atoms with Crippen LogP contribution in [0.4, 0.5) is 0 Å². The summed E-state index contributed by atoms with van der Waals surface area (Å²) in [5, 5.41) is 1.57. The highest BCUT2D eigenvalue weighted by Crippen LogP contribution is 2.24. The molecule has 0 spiro atoms. The number of rotatable bonds is 29. The average Bonchev–Trinajstić information content (AvgIpc) is 3.32. The monoisotopic (exact) mass is 930 g/mol. The maximum Gasteiger partial charge on any atom is 0.347 e. The second-order valence-corrected chi connectivity index (χ2v) is 17.7. The van der Waals surface area contributed by atoms with E-state index in [1.165, 1.54) is 110 Å². The van der Waals surface area contributed by atoms with Crippen LogP contribution in [0.1, 0.15) is 159 Å². The Bertz CT molecular complexity index is 1950. The summed E-state index contributed by atoms with van der Waals surface area (Å²) >= 11 is 3.38. The van der Waals surface area contributed by atoms with Gasteiger partial charge in [-0.3, -0.25) is 0 Å². The van der Waals surface area contributed by atoms with E-state index in [2.05, 4.69) is 33.8 Å². The van der Waals surface area contributed by atoms with E-state index in [4.69, 9.17) is 18.9 Å². The molecule has 65 heavy (non-hydrogen) atoms. The smallest absolute Gasteiger partial charge is 0.347 e. The van der Waals surface area contributed by atoms with E-state index < -0.39 is 36.1 Å². The zero-order chi connectivity index (χ0) is 47.1. The molecule has 0 aliphatic carbocycles. The van der Waals surface area contributed by atoms with Gasteiger partial charge in [0.15, 0.2) is 22.5 Å². The Balaban J connectivity index is 0.000000345. The molecule has 0 unspecified atom stereocenters. The van der Waals surface area contributed by atoms with Crippen molar-refractivity contribution in [3.8, 4) is 22.3 Å². The zero-order valence-corrected chi connectivity index (χ0v) is 41.0. The van der Waals surface area contributed by atoms with Crippen molar-refractivity contribution in [2.75, 3.05) is 24.7 Å². The van der Waals surface area contributed by atoms with Gasteiger partial charge in [-0.15, -0.1) is 0 Å². The molecule has 12 nitrogen and oxygen atoms in total. The molecule has 0 bridgehead atoms. The standard InChI is InChI=1S/C26H36N2O4S.C25H34N2O4S/c1-4-6-7-8-9-10-11-12-17-33-26-27-18-23(19-28-26)21-13-15-22(16-14-21)25(30)32-20(3)24(29)31-5-2;1-4-6-7-8-9-10-11-16-32-25-26-17-22(18-27-25)20-12-14-21(15-13-20)24(29)31-19(3)23(28)30-5-2/h13-16,18-20H,4-12,17H2,1-3H3;12-15,17-19H,4-11,16H2,1-3H3/t20-;19-/m00/s1. The third-order valence-electron chi connectivity index (χ3n) is 10.2. The Morgan fingerprint density at radius 2 is 0.754 bits per heavy atom. The predicted octanol–water partition coefficient (Wildman–Crippen LogP) is 12.6. The molecule has 4 rings (SSSR count). The van der Waals surface area contributed by atoms with Gasteiger partial charge in [0.2, 0.25) is 0 Å². The first-order valence-corrected chi connectivity index (χ1v) is 25.4. The van der Waals surface area contributed by atoms with E-state index in [9.17, 15) is 19.2 Å². The highest BCUT2D eigenvalue weighted by atomic mass is 32.2. The van der Waals surface area contributed by atoms with E-state index in [-0.39, 0.29) is 13.2 Å². The fraction of sp³-hybridized carbons (Fsp3) is 0.529. The van der Waals surface area contributed by atoms with Gasteiger partial charge >= 0.3 is 23.9 Å². The van der Waals surface area contributed by atoms with Crippen LogP contribution in [-0.4, -0.2) is 80.7 Å². The first-order valence-electron chi connectivity index (χ1n) is 23.5. The molecule has 2 atom stereocenters. The second kappa shape index (κ2) is 32.8. The van der Waals surface area contributed by atoms with Gasteiger partial charge in [0, 0.05) is 47.4 Å². The number of carbonyl (C=O) groups is 4. The molecule has 14 heteroatoms. The molecule has 2 aromatic carbocycles. The Morgan fingerprint density at radius 1 is 0.446 bits per heavy atom. The highest BCUT2D eigenvalue weighted by molar-refractivity contribution is 7.99. The van der Waals surface area contributed by atoms with Crippen LogP contribution in [0.2, 0.25) is 0 Å². The lowest BCUT2D eigenvalue weighted by Crippen LogP contribution is -2.26. The van der Waals surface area contributed by atoms with Crippen molar-refractivity contribution in [2.24, 2.45) is 0 Å². The molecular formula is C51H70N4O8S2. The van der Waals surface area contributed by atoms with Gasteiger partial charge in [-0.1, -0.05) is 145 Å². The fourth-order valence-corrected chi connectivity index (χ4v) is 7.94. The molecule has 0 fully saturated rings. The number of nitrogens with zero attached hydrogens (tertiary/aromatic N) is 4. The first-order chi connectivity index (χ1) is 31.6. The van der Waals surface area contributed by atoms with Crippen LogP contribution in [0.5, 0.6) is 0 Å². The summed E-state index contributed by atoms with van der Waals surface area (Å²) in [6.07, 6.45) is 24.9. The molecule has 2 aromatic heterocycles. The van der Waals surface area contributed by atoms with Gasteiger partial charge in [0.1, 0.15) is 0 Å². The number of ether oxygens (including phenoxy) is 4. The highest BCUT2D eigenvalue weighted by Gasteiger charge is 2.21. The zero-order valence-electron chi connectivity index (χ0n) is 39.4. The van der Waals surface area contributed by atoms with E-state index in [0.717, 1.165) is 44.1 Å². The van der Waals surface area contributed by atoms with Crippen molar-refractivity contribution in [1.29, 1.82) is 0 Å². The van der Waals surface area contributed by atoms with Crippen LogP contribution >= 0.6 is 23.5 Å². The van der Waals surface area contributed by atoms with E-state index in [1.54, 1.807) is 86.4 Å². The van der Waals surface area contributed by atoms with Crippen LogP contribution < -0.4 is 0 Å². The van der Waals surface area contributed by atoms with Crippen LogP contribution in [0.3, 0.4) is 0 Å². The summed E-state index contributed by atoms with van der Waals surface area (Å²) < 4.78 is 20.0. The Hall–Kier alpha value is -4.82. The quantitative estimate of drug-likeness (QED) is 0.0166. The molecule has 0 saturated heterocycles. The molecule has 0 aliphatic heterocycles. The number of thioether (sulfide) groups is 2. The summed E-state index contributed by atoms with van der Waals surface area (Å²) in [6, 6.07) is 13.9. The Morgan fingerprint density at radius 3 is 1.06 bits per heavy atom. The number of carbonyl (C=O) groups excluding carboxylic acids is 4. The molecule has 0 N–H and O–H groups in total. The van der Waals surface area contributed by atoms with Gasteiger partial charge in [0.05, 0.1) is 24.3 Å². The molecular weight excluding hydrogens is 861 g/mol. The summed E-state index contributed by atoms with van der Waals surface area (Å²) in [5.41, 5.74) is 4.31. The maximum atomic E-state index is 12.2. The Labute approximate surface area is 395 Å². The SMILES string of the molecule is CCCCCCCCCCSc1ncc(-c2ccc(C(=O)O[C@@H](C)C(=O)OCC)cc2)cn1.CCCCCCCCCSc1ncc(-c2ccc(C(=O)O[C@@H](C)C(=O)OCC)cc2)cn1. The molecule has 0 saturated carbocycles. The topological polar surface area (TPSA) is 157 Å². The van der Waals surface area contributed by atoms with Crippen molar-refractivity contribution in [1.82, 2.24) is 19.9 Å². The molecule has 2 heterocycles. The van der Waals surface area contributed by atoms with E-state index in [0.29, 0.717) is 11.1 Å². The van der Waals surface area contributed by atoms with Gasteiger partial charge in [-0.05, 0) is 75.9 Å². The normalized spacial score (nSPS) is 11.7. The molecule has 0 radical (unpaired) electrons. The summed E-state index contributed by atoms with van der Waals surface area (Å²) in [4.78, 5) is 65.5. The van der Waals surface area contributed by atoms with E-state index >= 15 is 0 Å². The lowest BCUT2D eigenvalue weighted by atomic mass is 10.1. The summed E-state index contributed by atoms with van der Waals surface area (Å²) in [6.45, 7) is 11.4. The van der Waals surface area contributed by atoms with Crippen LogP contribution in [0.25, 0.3) is 22.3 Å². The van der Waals surface area contributed by atoms with Crippen molar-refractivity contribution < 1.29 is 38.1 Å². The number of esters is 4. The van der Waals surface area contributed by atoms with Gasteiger partial charge < -0.3 is 18.9 Å². The third kappa shape index (κ3) is 21.8. The van der Waals surface area contributed by atoms with Crippen molar-refractivity contribution in [2.45, 2.75) is 160 Å². The lowest BCUT2D eigenvalue weighted by molar-refractivity contribution is -0.153. The fourth-order valence-electron chi connectivity index (χ4n) is 6.37. The van der Waals surface area contributed by atoms with Crippen molar-refractivity contribution >= 4 is 47.4 Å². The van der Waals surface area contributed by atoms with Crippen LogP contribution in [0, 0.1) is 0 Å². The minimum Gasteiger partial charge on any atom is -0.463 e. The second-order valence-electron chi connectivity index (χ2n) is 15.6. The first kappa shape index (κ1) is 54.5. The van der Waals surface area contributed by atoms with Crippen LogP contribution in [-0.2, 0) is 28.5 Å². The third-order valence-corrected chi connectivity index (χ3v) is 12.1. The minimum atomic E-state index is -0.943. The number of unbranched alkanes of at least 4 members (excludes halogenated alkanes) is 13. The average molecular weight is 931 g/mol. The van der Waals surface area contributed by atoms with Gasteiger partial charge in [0.25, 0.3) is 0 Å². The minimum absolute atomic E-state index is 0.244. The summed E-state index contributed by atoms with van der Waals surface area (Å²) in [5.74, 6) is -0.167. The largest absolute Gasteiger partial charge is 0.463 e. The number of benzene rings is 2. The van der Waals surface area contributed by atoms with Crippen molar-refractivity contribution in [3.05, 3.63) is 84.4 Å². The maximum absolute atomic E-state index is 12.2. The molecule has 0 amide bonds. The predicted molar refractivity (Wildman–Crippen MR) is 260 cm³/mol. The number of hydrogen-bond donors (Lipinski definition) is 0. The number of hydrogen-bond acceptors (Lipinski definition) is 14. The number of aromatic nitrogens is 4. The molecule has 354 valence electrons. The van der Waals surface area contributed by atoms with Crippen molar-refractivity contribution in [3.63, 3.8) is 0 Å². The van der Waals surface area contributed by atoms with E-state index in [1.807, 2.05) is 24.3 Å². The van der Waals surface area contributed by atoms with Crippen LogP contribution in [0.15, 0.2) is 83.6 Å². The molecule has 0 aliphatic rings.